The van der Waals surface area contributed by atoms with Crippen molar-refractivity contribution in [2.75, 3.05) is 7.11 Å². The predicted octanol–water partition coefficient (Wildman–Crippen LogP) is 5.64. The highest BCUT2D eigenvalue weighted by Gasteiger charge is 2.19. The average Bonchev–Trinajstić information content (AvgIpc) is 3.00. The molecule has 0 unspecified atom stereocenters. The van der Waals surface area contributed by atoms with Gasteiger partial charge < -0.3 is 4.74 Å². The Kier molecular flexibility index (Phi) is 5.41. The van der Waals surface area contributed by atoms with Crippen molar-refractivity contribution in [1.82, 2.24) is 0 Å². The number of ether oxygens (including phenoxy) is 1. The molecule has 0 bridgehead atoms. The van der Waals surface area contributed by atoms with Gasteiger partial charge in [-0.15, -0.1) is 3.96 Å². The van der Waals surface area contributed by atoms with E-state index in [1.165, 1.54) is 20.4 Å². The van der Waals surface area contributed by atoms with Crippen molar-refractivity contribution in [2.24, 2.45) is 0 Å². The largest absolute Gasteiger partial charge is 0.497 e. The summed E-state index contributed by atoms with van der Waals surface area (Å²) in [5.41, 5.74) is 1.22. The van der Waals surface area contributed by atoms with Gasteiger partial charge in [0.05, 0.1) is 7.11 Å². The molecule has 0 amide bonds. The molecule has 1 heterocycles. The summed E-state index contributed by atoms with van der Waals surface area (Å²) in [6, 6.07) is 18.8. The van der Waals surface area contributed by atoms with Crippen LogP contribution in [0.25, 0.3) is 10.4 Å². The molecular formula is C18H17BrNOS2+. The van der Waals surface area contributed by atoms with E-state index in [-0.39, 0.29) is 0 Å². The second kappa shape index (κ2) is 7.51. The molecule has 0 aliphatic heterocycles. The highest BCUT2D eigenvalue weighted by atomic mass is 79.9. The number of nitrogens with zero attached hydrogens (tertiary/aromatic N) is 1. The predicted molar refractivity (Wildman–Crippen MR) is 100 cm³/mol. The first kappa shape index (κ1) is 16.6. The van der Waals surface area contributed by atoms with Crippen molar-refractivity contribution >= 4 is 39.2 Å². The zero-order valence-corrected chi connectivity index (χ0v) is 16.2. The lowest BCUT2D eigenvalue weighted by Crippen LogP contribution is -2.28. The summed E-state index contributed by atoms with van der Waals surface area (Å²) in [5.74, 6) is 0.886. The highest BCUT2D eigenvalue weighted by Crippen LogP contribution is 2.35. The summed E-state index contributed by atoms with van der Waals surface area (Å²) in [7, 11) is 1.69. The average molecular weight is 407 g/mol. The summed E-state index contributed by atoms with van der Waals surface area (Å²) >= 11 is 7.21. The van der Waals surface area contributed by atoms with Gasteiger partial charge in [-0.25, -0.2) is 0 Å². The van der Waals surface area contributed by atoms with Crippen molar-refractivity contribution in [3.63, 3.8) is 0 Å². The smallest absolute Gasteiger partial charge is 0.259 e. The van der Waals surface area contributed by atoms with Crippen LogP contribution in [-0.2, 0) is 6.54 Å². The zero-order chi connectivity index (χ0) is 16.2. The number of aromatic nitrogens is 1. The number of hydrogen-bond donors (Lipinski definition) is 0. The van der Waals surface area contributed by atoms with E-state index in [2.05, 4.69) is 63.2 Å². The Morgan fingerprint density at radius 3 is 2.52 bits per heavy atom. The fourth-order valence-corrected chi connectivity index (χ4v) is 4.89. The van der Waals surface area contributed by atoms with E-state index >= 15 is 0 Å². The quantitative estimate of drug-likeness (QED) is 0.508. The van der Waals surface area contributed by atoms with Gasteiger partial charge in [-0.3, -0.25) is 0 Å². The van der Waals surface area contributed by atoms with Gasteiger partial charge in [0, 0.05) is 15.4 Å². The first-order chi connectivity index (χ1) is 11.2. The SMILES string of the molecule is CC[n+]1sc(-c2ccc(OC)cc2)cc1Sc1ccccc1Br. The van der Waals surface area contributed by atoms with Gasteiger partial charge in [0.25, 0.3) is 5.03 Å². The van der Waals surface area contributed by atoms with Crippen LogP contribution in [0.5, 0.6) is 5.75 Å². The Morgan fingerprint density at radius 1 is 1.13 bits per heavy atom. The zero-order valence-electron chi connectivity index (χ0n) is 13.0. The molecule has 0 N–H and O–H groups in total. The third kappa shape index (κ3) is 3.79. The topological polar surface area (TPSA) is 13.1 Å². The molecule has 2 aromatic carbocycles. The van der Waals surface area contributed by atoms with Gasteiger partial charge in [-0.05, 0) is 76.6 Å². The third-order valence-corrected chi connectivity index (χ3v) is 6.84. The van der Waals surface area contributed by atoms with Crippen LogP contribution in [0.1, 0.15) is 6.92 Å². The maximum absolute atomic E-state index is 5.24. The van der Waals surface area contributed by atoms with Crippen LogP contribution in [0.4, 0.5) is 0 Å². The number of aryl methyl sites for hydroxylation is 1. The molecule has 0 spiro atoms. The standard InChI is InChI=1S/C18H17BrNOS2/c1-3-20-18(22-16-7-5-4-6-15(16)19)12-17(23-20)13-8-10-14(21-2)11-9-13/h4-12H,3H2,1-2H3/q+1. The number of benzene rings is 2. The third-order valence-electron chi connectivity index (χ3n) is 3.42. The maximum atomic E-state index is 5.24. The molecule has 0 aliphatic carbocycles. The van der Waals surface area contributed by atoms with E-state index in [0.29, 0.717) is 0 Å². The van der Waals surface area contributed by atoms with Gasteiger partial charge in [0.15, 0.2) is 6.54 Å². The lowest BCUT2D eigenvalue weighted by molar-refractivity contribution is -0.662. The van der Waals surface area contributed by atoms with E-state index < -0.39 is 0 Å². The van der Waals surface area contributed by atoms with Crippen molar-refractivity contribution in [1.29, 1.82) is 0 Å². The van der Waals surface area contributed by atoms with E-state index in [4.69, 9.17) is 4.74 Å². The lowest BCUT2D eigenvalue weighted by Gasteiger charge is -1.99. The second-order valence-corrected chi connectivity index (χ2v) is 7.87. The molecule has 0 saturated carbocycles. The molecule has 2 nitrogen and oxygen atoms in total. The Labute approximate surface area is 153 Å². The molecule has 118 valence electrons. The molecule has 23 heavy (non-hydrogen) atoms. The summed E-state index contributed by atoms with van der Waals surface area (Å²) in [6.45, 7) is 3.14. The van der Waals surface area contributed by atoms with Crippen LogP contribution in [-0.4, -0.2) is 7.11 Å². The molecule has 5 heteroatoms. The van der Waals surface area contributed by atoms with Crippen LogP contribution < -0.4 is 8.69 Å². The van der Waals surface area contributed by atoms with Crippen LogP contribution in [0, 0.1) is 0 Å². The van der Waals surface area contributed by atoms with Crippen molar-refractivity contribution in [3.05, 3.63) is 59.1 Å². The molecule has 0 radical (unpaired) electrons. The Morgan fingerprint density at radius 2 is 1.87 bits per heavy atom. The second-order valence-electron chi connectivity index (χ2n) is 4.89. The van der Waals surface area contributed by atoms with Crippen molar-refractivity contribution in [2.45, 2.75) is 23.4 Å². The fourth-order valence-electron chi connectivity index (χ4n) is 2.21. The van der Waals surface area contributed by atoms with Crippen LogP contribution >= 0.6 is 39.2 Å². The van der Waals surface area contributed by atoms with Gasteiger partial charge >= 0.3 is 0 Å². The fraction of sp³-hybridized carbons (Fsp3) is 0.167. The van der Waals surface area contributed by atoms with E-state index in [1.54, 1.807) is 30.4 Å². The summed E-state index contributed by atoms with van der Waals surface area (Å²) in [4.78, 5) is 2.50. The summed E-state index contributed by atoms with van der Waals surface area (Å²) in [6.07, 6.45) is 0. The minimum Gasteiger partial charge on any atom is -0.497 e. The van der Waals surface area contributed by atoms with E-state index in [9.17, 15) is 0 Å². The Bertz CT molecular complexity index is 799. The van der Waals surface area contributed by atoms with Crippen LogP contribution in [0.2, 0.25) is 0 Å². The van der Waals surface area contributed by atoms with Gasteiger partial charge in [0.1, 0.15) is 22.2 Å². The van der Waals surface area contributed by atoms with Crippen molar-refractivity contribution in [3.8, 4) is 16.2 Å². The minimum atomic E-state index is 0.886. The van der Waals surface area contributed by atoms with E-state index in [1.807, 2.05) is 18.2 Å². The number of rotatable bonds is 5. The molecule has 0 fully saturated rings. The van der Waals surface area contributed by atoms with Crippen molar-refractivity contribution < 1.29 is 8.69 Å². The number of hydrogen-bond acceptors (Lipinski definition) is 3. The normalized spacial score (nSPS) is 10.7. The van der Waals surface area contributed by atoms with Gasteiger partial charge in [0.2, 0.25) is 0 Å². The number of halogens is 1. The first-order valence-corrected chi connectivity index (χ1v) is 9.70. The molecule has 1 aromatic heterocycles. The Balaban J connectivity index is 1.92. The van der Waals surface area contributed by atoms with E-state index in [0.717, 1.165) is 16.8 Å². The molecule has 0 atom stereocenters. The molecular weight excluding hydrogens is 390 g/mol. The summed E-state index contributed by atoms with van der Waals surface area (Å²) in [5, 5.41) is 1.26. The molecule has 0 saturated heterocycles. The van der Waals surface area contributed by atoms with Crippen LogP contribution in [0.15, 0.2) is 69.0 Å². The first-order valence-electron chi connectivity index (χ1n) is 7.32. The van der Waals surface area contributed by atoms with Crippen LogP contribution in [0.3, 0.4) is 0 Å². The summed E-state index contributed by atoms with van der Waals surface area (Å²) < 4.78 is 8.69. The highest BCUT2D eigenvalue weighted by molar-refractivity contribution is 9.10. The molecule has 3 aromatic rings. The van der Waals surface area contributed by atoms with Gasteiger partial charge in [-0.2, -0.15) is 0 Å². The number of methoxy groups -OCH3 is 1. The monoisotopic (exact) mass is 406 g/mol. The minimum absolute atomic E-state index is 0.886. The van der Waals surface area contributed by atoms with Gasteiger partial charge in [-0.1, -0.05) is 12.1 Å². The lowest BCUT2D eigenvalue weighted by atomic mass is 10.2. The maximum Gasteiger partial charge on any atom is 0.259 e. The Hall–Kier alpha value is -1.30. The molecule has 3 rings (SSSR count). The molecule has 0 aliphatic rings.